The van der Waals surface area contributed by atoms with Crippen LogP contribution >= 0.6 is 23.2 Å². The molecule has 0 aliphatic heterocycles. The van der Waals surface area contributed by atoms with E-state index in [4.69, 9.17) is 37.4 Å². The summed E-state index contributed by atoms with van der Waals surface area (Å²) in [6.45, 7) is 1.72. The van der Waals surface area contributed by atoms with Crippen molar-refractivity contribution in [3.63, 3.8) is 0 Å². The maximum absolute atomic E-state index is 12.1. The average Bonchev–Trinajstić information content (AvgIpc) is 2.70. The lowest BCUT2D eigenvalue weighted by Gasteiger charge is -2.13. The summed E-state index contributed by atoms with van der Waals surface area (Å²) in [5.74, 6) is -0.268. The van der Waals surface area contributed by atoms with Gasteiger partial charge in [0.2, 0.25) is 0 Å². The van der Waals surface area contributed by atoms with Crippen LogP contribution in [0.15, 0.2) is 42.5 Å². The minimum absolute atomic E-state index is 0.236. The molecule has 0 aliphatic carbocycles. The Kier molecular flexibility index (Phi) is 8.36. The van der Waals surface area contributed by atoms with Crippen LogP contribution in [-0.2, 0) is 20.9 Å². The number of hydrogen-bond donors (Lipinski definition) is 1. The molecule has 0 radical (unpaired) electrons. The standard InChI is InChI=1S/C21H21Cl2NO5/c1-13(21(26)24-12-15-6-4-5-7-16(15)22)29-19(25)9-8-14-10-17(23)20(28-3)18(11-14)27-2/h4-11,13H,12H2,1-3H3,(H,24,26)/b9-8+. The van der Waals surface area contributed by atoms with Crippen LogP contribution in [0.2, 0.25) is 10.0 Å². The molecule has 2 aromatic carbocycles. The van der Waals surface area contributed by atoms with Gasteiger partial charge in [-0.2, -0.15) is 0 Å². The van der Waals surface area contributed by atoms with Gasteiger partial charge in [-0.05, 0) is 42.3 Å². The minimum atomic E-state index is -0.969. The summed E-state index contributed by atoms with van der Waals surface area (Å²) in [6, 6.07) is 10.4. The molecule has 0 bridgehead atoms. The molecule has 1 amide bonds. The highest BCUT2D eigenvalue weighted by atomic mass is 35.5. The molecule has 0 fully saturated rings. The zero-order valence-electron chi connectivity index (χ0n) is 16.2. The summed E-state index contributed by atoms with van der Waals surface area (Å²) in [7, 11) is 2.97. The lowest BCUT2D eigenvalue weighted by molar-refractivity contribution is -0.150. The normalized spacial score (nSPS) is 11.8. The van der Waals surface area contributed by atoms with E-state index in [1.807, 2.05) is 6.07 Å². The Morgan fingerprint density at radius 1 is 1.10 bits per heavy atom. The van der Waals surface area contributed by atoms with E-state index in [-0.39, 0.29) is 6.54 Å². The molecular formula is C21H21Cl2NO5. The fourth-order valence-electron chi connectivity index (χ4n) is 2.43. The molecular weight excluding hydrogens is 417 g/mol. The van der Waals surface area contributed by atoms with Crippen LogP contribution in [0.4, 0.5) is 0 Å². The monoisotopic (exact) mass is 437 g/mol. The highest BCUT2D eigenvalue weighted by Crippen LogP contribution is 2.36. The van der Waals surface area contributed by atoms with E-state index in [2.05, 4.69) is 5.32 Å². The van der Waals surface area contributed by atoms with Crippen LogP contribution < -0.4 is 14.8 Å². The Bertz CT molecular complexity index is 914. The number of esters is 1. The summed E-state index contributed by atoms with van der Waals surface area (Å²) in [5.41, 5.74) is 1.38. The Hall–Kier alpha value is -2.70. The van der Waals surface area contributed by atoms with Crippen LogP contribution in [0.3, 0.4) is 0 Å². The van der Waals surface area contributed by atoms with Crippen molar-refractivity contribution in [3.8, 4) is 11.5 Å². The molecule has 2 rings (SSSR count). The number of methoxy groups -OCH3 is 2. The maximum Gasteiger partial charge on any atom is 0.331 e. The van der Waals surface area contributed by atoms with E-state index >= 15 is 0 Å². The fraction of sp³-hybridized carbons (Fsp3) is 0.238. The quantitative estimate of drug-likeness (QED) is 0.492. The minimum Gasteiger partial charge on any atom is -0.493 e. The second-order valence-electron chi connectivity index (χ2n) is 5.96. The molecule has 6 nitrogen and oxygen atoms in total. The van der Waals surface area contributed by atoms with Crippen molar-refractivity contribution in [1.29, 1.82) is 0 Å². The summed E-state index contributed by atoms with van der Waals surface area (Å²) < 4.78 is 15.5. The van der Waals surface area contributed by atoms with E-state index < -0.39 is 18.0 Å². The topological polar surface area (TPSA) is 73.9 Å². The van der Waals surface area contributed by atoms with Crippen molar-refractivity contribution in [1.82, 2.24) is 5.32 Å². The second-order valence-corrected chi connectivity index (χ2v) is 6.77. The number of nitrogens with one attached hydrogen (secondary N) is 1. The third-order valence-corrected chi connectivity index (χ3v) is 4.59. The van der Waals surface area contributed by atoms with Crippen molar-refractivity contribution in [2.45, 2.75) is 19.6 Å². The first kappa shape index (κ1) is 22.6. The lowest BCUT2D eigenvalue weighted by Crippen LogP contribution is -2.35. The van der Waals surface area contributed by atoms with Crippen LogP contribution in [0, 0.1) is 0 Å². The Morgan fingerprint density at radius 3 is 2.48 bits per heavy atom. The molecule has 2 aromatic rings. The third-order valence-electron chi connectivity index (χ3n) is 3.94. The highest BCUT2D eigenvalue weighted by molar-refractivity contribution is 6.32. The van der Waals surface area contributed by atoms with Gasteiger partial charge in [0.1, 0.15) is 0 Å². The fourth-order valence-corrected chi connectivity index (χ4v) is 2.93. The molecule has 1 atom stereocenters. The van der Waals surface area contributed by atoms with E-state index in [9.17, 15) is 9.59 Å². The maximum atomic E-state index is 12.1. The molecule has 8 heteroatoms. The second kappa shape index (κ2) is 10.7. The van der Waals surface area contributed by atoms with Gasteiger partial charge in [0.25, 0.3) is 5.91 Å². The van der Waals surface area contributed by atoms with Gasteiger partial charge in [-0.3, -0.25) is 4.79 Å². The number of rotatable bonds is 8. The largest absolute Gasteiger partial charge is 0.493 e. The number of carbonyl (C=O) groups is 2. The summed E-state index contributed by atoms with van der Waals surface area (Å²) in [6.07, 6.45) is 1.74. The van der Waals surface area contributed by atoms with E-state index in [1.54, 1.807) is 30.3 Å². The Labute approximate surface area is 179 Å². The number of carbonyl (C=O) groups excluding carboxylic acids is 2. The SMILES string of the molecule is COc1cc(/C=C/C(=O)OC(C)C(=O)NCc2ccccc2Cl)cc(Cl)c1OC. The molecule has 154 valence electrons. The van der Waals surface area contributed by atoms with E-state index in [1.165, 1.54) is 33.3 Å². The summed E-state index contributed by atoms with van der Waals surface area (Å²) in [4.78, 5) is 24.2. The molecule has 29 heavy (non-hydrogen) atoms. The average molecular weight is 438 g/mol. The van der Waals surface area contributed by atoms with E-state index in [0.29, 0.717) is 27.1 Å². The molecule has 0 saturated heterocycles. The van der Waals surface area contributed by atoms with Gasteiger partial charge in [-0.25, -0.2) is 4.79 Å². The van der Waals surface area contributed by atoms with Crippen LogP contribution in [0.25, 0.3) is 6.08 Å². The van der Waals surface area contributed by atoms with Crippen molar-refractivity contribution in [2.75, 3.05) is 14.2 Å². The van der Waals surface area contributed by atoms with Crippen molar-refractivity contribution < 1.29 is 23.8 Å². The Morgan fingerprint density at radius 2 is 1.83 bits per heavy atom. The summed E-state index contributed by atoms with van der Waals surface area (Å²) in [5, 5.41) is 3.57. The molecule has 0 saturated carbocycles. The number of ether oxygens (including phenoxy) is 3. The van der Waals surface area contributed by atoms with Crippen molar-refractivity contribution in [3.05, 3.63) is 63.6 Å². The molecule has 1 unspecified atom stereocenters. The molecule has 0 spiro atoms. The number of amides is 1. The van der Waals surface area contributed by atoms with Crippen molar-refractivity contribution in [2.24, 2.45) is 0 Å². The number of hydrogen-bond acceptors (Lipinski definition) is 5. The zero-order valence-corrected chi connectivity index (χ0v) is 17.7. The Balaban J connectivity index is 1.93. The molecule has 1 N–H and O–H groups in total. The van der Waals surface area contributed by atoms with Crippen molar-refractivity contribution >= 4 is 41.2 Å². The van der Waals surface area contributed by atoms with Crippen LogP contribution in [-0.4, -0.2) is 32.2 Å². The summed E-state index contributed by atoms with van der Waals surface area (Å²) >= 11 is 12.2. The first-order valence-electron chi connectivity index (χ1n) is 8.67. The molecule has 0 aromatic heterocycles. The predicted molar refractivity (Wildman–Crippen MR) is 112 cm³/mol. The first-order chi connectivity index (χ1) is 13.8. The molecule has 0 heterocycles. The van der Waals surface area contributed by atoms with Gasteiger partial charge in [-0.1, -0.05) is 41.4 Å². The molecule has 0 aliphatic rings. The van der Waals surface area contributed by atoms with Gasteiger partial charge in [0.05, 0.1) is 19.2 Å². The van der Waals surface area contributed by atoms with Gasteiger partial charge in [0.15, 0.2) is 17.6 Å². The van der Waals surface area contributed by atoms with Crippen LogP contribution in [0.5, 0.6) is 11.5 Å². The highest BCUT2D eigenvalue weighted by Gasteiger charge is 2.17. The predicted octanol–water partition coefficient (Wildman–Crippen LogP) is 4.27. The third kappa shape index (κ3) is 6.41. The first-order valence-corrected chi connectivity index (χ1v) is 9.42. The van der Waals surface area contributed by atoms with E-state index in [0.717, 1.165) is 5.56 Å². The van der Waals surface area contributed by atoms with Crippen LogP contribution in [0.1, 0.15) is 18.1 Å². The van der Waals surface area contributed by atoms with Gasteiger partial charge in [-0.15, -0.1) is 0 Å². The van der Waals surface area contributed by atoms with Gasteiger partial charge < -0.3 is 19.5 Å². The van der Waals surface area contributed by atoms with Gasteiger partial charge in [0, 0.05) is 17.6 Å². The smallest absolute Gasteiger partial charge is 0.331 e. The lowest BCUT2D eigenvalue weighted by atomic mass is 10.2. The number of halogens is 2. The zero-order chi connectivity index (χ0) is 21.4. The number of benzene rings is 2. The van der Waals surface area contributed by atoms with Gasteiger partial charge >= 0.3 is 5.97 Å².